The van der Waals surface area contributed by atoms with Gasteiger partial charge in [-0.3, -0.25) is 18.9 Å². The van der Waals surface area contributed by atoms with Gasteiger partial charge >= 0.3 is 0 Å². The maximum absolute atomic E-state index is 12.6. The maximum atomic E-state index is 12.6. The van der Waals surface area contributed by atoms with E-state index in [4.69, 9.17) is 0 Å². The third-order valence-corrected chi connectivity index (χ3v) is 5.40. The predicted octanol–water partition coefficient (Wildman–Crippen LogP) is 3.32. The summed E-state index contributed by atoms with van der Waals surface area (Å²) >= 11 is 0. The average Bonchev–Trinajstić information content (AvgIpc) is 2.71. The number of amides is 1. The minimum absolute atomic E-state index is 0.0231. The number of nitrogens with zero attached hydrogens (tertiary/aromatic N) is 3. The van der Waals surface area contributed by atoms with Crippen LogP contribution in [0.25, 0.3) is 5.65 Å². The van der Waals surface area contributed by atoms with Crippen LogP contribution in [0.4, 0.5) is 5.69 Å². The van der Waals surface area contributed by atoms with E-state index in [0.717, 1.165) is 13.1 Å². The van der Waals surface area contributed by atoms with Gasteiger partial charge in [-0.25, -0.2) is 4.98 Å². The number of piperidine rings is 1. The molecule has 144 valence electrons. The number of pyridine rings is 1. The Bertz CT molecular complexity index is 1040. The average molecular weight is 376 g/mol. The minimum atomic E-state index is -0.451. The largest absolute Gasteiger partial charge is 0.322 e. The van der Waals surface area contributed by atoms with Crippen molar-refractivity contribution in [2.24, 2.45) is 0 Å². The first-order valence-electron chi connectivity index (χ1n) is 9.72. The summed E-state index contributed by atoms with van der Waals surface area (Å²) in [5.41, 5.74) is 2.05. The summed E-state index contributed by atoms with van der Waals surface area (Å²) < 4.78 is 1.37. The quantitative estimate of drug-likeness (QED) is 0.759. The summed E-state index contributed by atoms with van der Waals surface area (Å²) in [6.07, 6.45) is 6.76. The SMILES string of the molecule is CC1CCCCN1Cc1ccc(NC(=O)c2cnc3ccccn3c2=O)cc1. The van der Waals surface area contributed by atoms with Crippen LogP contribution in [-0.4, -0.2) is 32.8 Å². The van der Waals surface area contributed by atoms with E-state index in [0.29, 0.717) is 17.4 Å². The highest BCUT2D eigenvalue weighted by atomic mass is 16.2. The lowest BCUT2D eigenvalue weighted by Gasteiger charge is -2.33. The predicted molar refractivity (Wildman–Crippen MR) is 110 cm³/mol. The molecule has 3 aromatic rings. The molecule has 28 heavy (non-hydrogen) atoms. The Hall–Kier alpha value is -2.99. The van der Waals surface area contributed by atoms with E-state index in [1.165, 1.54) is 35.4 Å². The van der Waals surface area contributed by atoms with Crippen LogP contribution >= 0.6 is 0 Å². The number of anilines is 1. The first-order chi connectivity index (χ1) is 13.6. The molecule has 6 heteroatoms. The first-order valence-corrected chi connectivity index (χ1v) is 9.72. The van der Waals surface area contributed by atoms with E-state index >= 15 is 0 Å². The number of carbonyl (C=O) groups excluding carboxylic acids is 1. The summed E-state index contributed by atoms with van der Waals surface area (Å²) in [7, 11) is 0. The number of likely N-dealkylation sites (tertiary alicyclic amines) is 1. The summed E-state index contributed by atoms with van der Waals surface area (Å²) in [4.78, 5) is 31.8. The number of fused-ring (bicyclic) bond motifs is 1. The molecule has 6 nitrogen and oxygen atoms in total. The van der Waals surface area contributed by atoms with Crippen LogP contribution < -0.4 is 10.9 Å². The van der Waals surface area contributed by atoms with Crippen LogP contribution in [0.1, 0.15) is 42.1 Å². The fourth-order valence-electron chi connectivity index (χ4n) is 3.70. The number of nitrogens with one attached hydrogen (secondary N) is 1. The minimum Gasteiger partial charge on any atom is -0.322 e. The van der Waals surface area contributed by atoms with Gasteiger partial charge in [0.05, 0.1) is 0 Å². The van der Waals surface area contributed by atoms with Crippen molar-refractivity contribution in [2.45, 2.75) is 38.8 Å². The third kappa shape index (κ3) is 3.82. The van der Waals surface area contributed by atoms with Crippen LogP contribution in [0.2, 0.25) is 0 Å². The van der Waals surface area contributed by atoms with Gasteiger partial charge in [0.2, 0.25) is 0 Å². The monoisotopic (exact) mass is 376 g/mol. The zero-order valence-corrected chi connectivity index (χ0v) is 16.0. The molecule has 4 rings (SSSR count). The molecular weight excluding hydrogens is 352 g/mol. The second-order valence-corrected chi connectivity index (χ2v) is 7.37. The third-order valence-electron chi connectivity index (χ3n) is 5.40. The van der Waals surface area contributed by atoms with E-state index < -0.39 is 5.91 Å². The van der Waals surface area contributed by atoms with Crippen molar-refractivity contribution in [1.29, 1.82) is 0 Å². The summed E-state index contributed by atoms with van der Waals surface area (Å²) in [6.45, 7) is 4.34. The fraction of sp³-hybridized carbons (Fsp3) is 0.318. The highest BCUT2D eigenvalue weighted by molar-refractivity contribution is 6.03. The lowest BCUT2D eigenvalue weighted by atomic mass is 10.0. The molecule has 0 spiro atoms. The lowest BCUT2D eigenvalue weighted by molar-refractivity contribution is 0.102. The molecule has 1 saturated heterocycles. The van der Waals surface area contributed by atoms with Crippen LogP contribution in [0.5, 0.6) is 0 Å². The Balaban J connectivity index is 1.46. The molecule has 1 N–H and O–H groups in total. The molecule has 0 aliphatic carbocycles. The zero-order chi connectivity index (χ0) is 19.5. The Morgan fingerprint density at radius 3 is 2.79 bits per heavy atom. The number of aromatic nitrogens is 2. The Morgan fingerprint density at radius 1 is 1.18 bits per heavy atom. The van der Waals surface area contributed by atoms with E-state index in [1.807, 2.05) is 24.3 Å². The normalized spacial score (nSPS) is 17.5. The second kappa shape index (κ2) is 7.94. The van der Waals surface area contributed by atoms with Gasteiger partial charge in [-0.05, 0) is 56.1 Å². The van der Waals surface area contributed by atoms with Crippen LogP contribution in [-0.2, 0) is 6.54 Å². The molecule has 1 amide bonds. The van der Waals surface area contributed by atoms with E-state index in [9.17, 15) is 9.59 Å². The van der Waals surface area contributed by atoms with E-state index in [-0.39, 0.29) is 11.1 Å². The molecule has 3 heterocycles. The number of benzene rings is 1. The smallest absolute Gasteiger partial charge is 0.270 e. The first kappa shape index (κ1) is 18.4. The van der Waals surface area contributed by atoms with Crippen molar-refractivity contribution in [3.05, 3.63) is 76.3 Å². The summed E-state index contributed by atoms with van der Waals surface area (Å²) in [5.74, 6) is -0.451. The maximum Gasteiger partial charge on any atom is 0.270 e. The molecule has 2 aromatic heterocycles. The van der Waals surface area contributed by atoms with Gasteiger partial charge in [0.1, 0.15) is 11.2 Å². The highest BCUT2D eigenvalue weighted by Crippen LogP contribution is 2.20. The van der Waals surface area contributed by atoms with Crippen molar-refractivity contribution in [1.82, 2.24) is 14.3 Å². The standard InChI is InChI=1S/C22H24N4O2/c1-16-6-2-4-12-25(16)15-17-8-10-18(11-9-17)24-21(27)19-14-23-20-7-3-5-13-26(20)22(19)28/h3,5,7-11,13-14,16H,2,4,6,12,15H2,1H3,(H,24,27). The van der Waals surface area contributed by atoms with Gasteiger partial charge in [0, 0.05) is 30.7 Å². The van der Waals surface area contributed by atoms with Crippen molar-refractivity contribution >= 4 is 17.2 Å². The van der Waals surface area contributed by atoms with Gasteiger partial charge in [-0.15, -0.1) is 0 Å². The van der Waals surface area contributed by atoms with E-state index in [1.54, 1.807) is 24.4 Å². The molecule has 1 aliphatic rings. The zero-order valence-electron chi connectivity index (χ0n) is 16.0. The molecular formula is C22H24N4O2. The highest BCUT2D eigenvalue weighted by Gasteiger charge is 2.18. The number of rotatable bonds is 4. The Kier molecular flexibility index (Phi) is 5.21. The topological polar surface area (TPSA) is 66.7 Å². The van der Waals surface area contributed by atoms with Crippen molar-refractivity contribution in [3.63, 3.8) is 0 Å². The van der Waals surface area contributed by atoms with Crippen molar-refractivity contribution < 1.29 is 4.79 Å². The van der Waals surface area contributed by atoms with Gasteiger partial charge in [0.25, 0.3) is 11.5 Å². The van der Waals surface area contributed by atoms with Gasteiger partial charge in [-0.2, -0.15) is 0 Å². The summed E-state index contributed by atoms with van der Waals surface area (Å²) in [5, 5.41) is 2.80. The van der Waals surface area contributed by atoms with Gasteiger partial charge in [0.15, 0.2) is 0 Å². The molecule has 1 atom stereocenters. The second-order valence-electron chi connectivity index (χ2n) is 7.37. The number of carbonyl (C=O) groups is 1. The fourth-order valence-corrected chi connectivity index (χ4v) is 3.70. The Morgan fingerprint density at radius 2 is 2.00 bits per heavy atom. The Labute approximate surface area is 163 Å². The van der Waals surface area contributed by atoms with Gasteiger partial charge in [-0.1, -0.05) is 24.6 Å². The molecule has 1 unspecified atom stereocenters. The molecule has 0 saturated carbocycles. The van der Waals surface area contributed by atoms with Crippen LogP contribution in [0.3, 0.4) is 0 Å². The molecule has 0 radical (unpaired) electrons. The summed E-state index contributed by atoms with van der Waals surface area (Å²) in [6, 6.07) is 13.7. The molecule has 1 fully saturated rings. The lowest BCUT2D eigenvalue weighted by Crippen LogP contribution is -2.36. The number of hydrogen-bond acceptors (Lipinski definition) is 4. The molecule has 1 aromatic carbocycles. The van der Waals surface area contributed by atoms with Crippen LogP contribution in [0.15, 0.2) is 59.7 Å². The number of hydrogen-bond donors (Lipinski definition) is 1. The molecule has 1 aliphatic heterocycles. The van der Waals surface area contributed by atoms with Gasteiger partial charge < -0.3 is 5.32 Å². The van der Waals surface area contributed by atoms with E-state index in [2.05, 4.69) is 22.1 Å². The van der Waals surface area contributed by atoms with Crippen LogP contribution in [0, 0.1) is 0 Å². The van der Waals surface area contributed by atoms with Crippen molar-refractivity contribution in [3.8, 4) is 0 Å². The van der Waals surface area contributed by atoms with Crippen molar-refractivity contribution in [2.75, 3.05) is 11.9 Å². The molecule has 0 bridgehead atoms.